The molecule has 2 nitrogen and oxygen atoms in total. The van der Waals surface area contributed by atoms with E-state index in [-0.39, 0.29) is 6.04 Å². The van der Waals surface area contributed by atoms with Crippen LogP contribution in [0.3, 0.4) is 0 Å². The Morgan fingerprint density at radius 3 is 2.27 bits per heavy atom. The number of benzene rings is 3. The molecular formula is C20H21NO. The molecule has 0 heterocycles. The van der Waals surface area contributed by atoms with Gasteiger partial charge in [-0.15, -0.1) is 0 Å². The normalized spacial score (nSPS) is 12.3. The molecule has 0 aliphatic heterocycles. The molecule has 3 rings (SSSR count). The van der Waals surface area contributed by atoms with Crippen molar-refractivity contribution in [1.82, 2.24) is 0 Å². The van der Waals surface area contributed by atoms with Crippen LogP contribution in [-0.4, -0.2) is 6.61 Å². The monoisotopic (exact) mass is 291 g/mol. The topological polar surface area (TPSA) is 35.2 Å². The Labute approximate surface area is 131 Å². The minimum Gasteiger partial charge on any atom is -0.491 e. The summed E-state index contributed by atoms with van der Waals surface area (Å²) in [5, 5.41) is 2.44. The molecule has 22 heavy (non-hydrogen) atoms. The summed E-state index contributed by atoms with van der Waals surface area (Å²) in [6.07, 6.45) is 0. The van der Waals surface area contributed by atoms with E-state index in [4.69, 9.17) is 10.5 Å². The van der Waals surface area contributed by atoms with Gasteiger partial charge >= 0.3 is 0 Å². The van der Waals surface area contributed by atoms with Crippen LogP contribution in [0.4, 0.5) is 0 Å². The summed E-state index contributed by atoms with van der Waals surface area (Å²) in [5.41, 5.74) is 9.70. The second-order valence-electron chi connectivity index (χ2n) is 5.75. The molecule has 0 aliphatic rings. The van der Waals surface area contributed by atoms with Gasteiger partial charge in [0.2, 0.25) is 0 Å². The van der Waals surface area contributed by atoms with Crippen molar-refractivity contribution >= 4 is 10.8 Å². The van der Waals surface area contributed by atoms with Crippen molar-refractivity contribution in [2.24, 2.45) is 5.73 Å². The van der Waals surface area contributed by atoms with Crippen molar-refractivity contribution < 1.29 is 4.74 Å². The second kappa shape index (κ2) is 6.20. The van der Waals surface area contributed by atoms with Gasteiger partial charge in [-0.2, -0.15) is 0 Å². The van der Waals surface area contributed by atoms with E-state index < -0.39 is 0 Å². The van der Waals surface area contributed by atoms with Crippen LogP contribution in [0.2, 0.25) is 0 Å². The Kier molecular flexibility index (Phi) is 4.12. The van der Waals surface area contributed by atoms with E-state index >= 15 is 0 Å². The van der Waals surface area contributed by atoms with E-state index in [2.05, 4.69) is 56.3 Å². The minimum absolute atomic E-state index is 0.136. The van der Waals surface area contributed by atoms with E-state index in [0.29, 0.717) is 6.61 Å². The van der Waals surface area contributed by atoms with E-state index in [1.54, 1.807) is 0 Å². The van der Waals surface area contributed by atoms with Gasteiger partial charge in [0.15, 0.2) is 0 Å². The van der Waals surface area contributed by atoms with Crippen molar-refractivity contribution in [1.29, 1.82) is 0 Å². The lowest BCUT2D eigenvalue weighted by Gasteiger charge is -2.17. The standard InChI is InChI=1S/C20H21NO/c1-14-6-5-7-15(2)20(14)22-13-19(21)18-11-10-16-8-3-4-9-17(16)12-18/h3-12,19H,13,21H2,1-2H3. The number of para-hydroxylation sites is 1. The molecule has 1 atom stereocenters. The highest BCUT2D eigenvalue weighted by atomic mass is 16.5. The SMILES string of the molecule is Cc1cccc(C)c1OCC(N)c1ccc2ccccc2c1. The van der Waals surface area contributed by atoms with Crippen LogP contribution in [0.1, 0.15) is 22.7 Å². The van der Waals surface area contributed by atoms with Crippen LogP contribution in [0.5, 0.6) is 5.75 Å². The number of nitrogens with two attached hydrogens (primary N) is 1. The fourth-order valence-electron chi connectivity index (χ4n) is 2.73. The van der Waals surface area contributed by atoms with Gasteiger partial charge < -0.3 is 10.5 Å². The Balaban J connectivity index is 1.77. The smallest absolute Gasteiger partial charge is 0.125 e. The highest BCUT2D eigenvalue weighted by Gasteiger charge is 2.10. The molecule has 1 unspecified atom stereocenters. The molecule has 0 spiro atoms. The van der Waals surface area contributed by atoms with Gasteiger partial charge in [-0.05, 0) is 47.4 Å². The molecule has 0 radical (unpaired) electrons. The Bertz CT molecular complexity index is 774. The van der Waals surface area contributed by atoms with Crippen LogP contribution in [-0.2, 0) is 0 Å². The zero-order valence-electron chi connectivity index (χ0n) is 13.0. The summed E-state index contributed by atoms with van der Waals surface area (Å²) in [6.45, 7) is 4.60. The van der Waals surface area contributed by atoms with Crippen LogP contribution < -0.4 is 10.5 Å². The molecule has 2 N–H and O–H groups in total. The summed E-state index contributed by atoms with van der Waals surface area (Å²) in [4.78, 5) is 0. The van der Waals surface area contributed by atoms with Gasteiger partial charge in [-0.3, -0.25) is 0 Å². The average molecular weight is 291 g/mol. The van der Waals surface area contributed by atoms with Crippen molar-refractivity contribution in [3.8, 4) is 5.75 Å². The molecule has 3 aromatic rings. The molecular weight excluding hydrogens is 270 g/mol. The zero-order chi connectivity index (χ0) is 15.5. The molecule has 2 heteroatoms. The first-order chi connectivity index (χ1) is 10.6. The van der Waals surface area contributed by atoms with Crippen molar-refractivity contribution in [3.63, 3.8) is 0 Å². The molecule has 0 amide bonds. The number of hydrogen-bond donors (Lipinski definition) is 1. The lowest BCUT2D eigenvalue weighted by Crippen LogP contribution is -2.19. The fraction of sp³-hybridized carbons (Fsp3) is 0.200. The van der Waals surface area contributed by atoms with E-state index in [9.17, 15) is 0 Å². The first-order valence-electron chi connectivity index (χ1n) is 7.58. The predicted octanol–water partition coefficient (Wildman–Crippen LogP) is 4.54. The van der Waals surface area contributed by atoms with E-state index in [0.717, 1.165) is 22.4 Å². The summed E-state index contributed by atoms with van der Waals surface area (Å²) in [7, 11) is 0. The summed E-state index contributed by atoms with van der Waals surface area (Å²) in [5.74, 6) is 0.943. The van der Waals surface area contributed by atoms with Gasteiger partial charge in [0.1, 0.15) is 12.4 Å². The van der Waals surface area contributed by atoms with Crippen LogP contribution in [0, 0.1) is 13.8 Å². The lowest BCUT2D eigenvalue weighted by molar-refractivity contribution is 0.287. The van der Waals surface area contributed by atoms with Gasteiger partial charge in [0, 0.05) is 0 Å². The summed E-state index contributed by atoms with van der Waals surface area (Å²) >= 11 is 0. The molecule has 0 fully saturated rings. The molecule has 0 bridgehead atoms. The van der Waals surface area contributed by atoms with Gasteiger partial charge in [-0.25, -0.2) is 0 Å². The number of hydrogen-bond acceptors (Lipinski definition) is 2. The third-order valence-electron chi connectivity index (χ3n) is 4.02. The van der Waals surface area contributed by atoms with Crippen LogP contribution in [0.15, 0.2) is 60.7 Å². The minimum atomic E-state index is -0.136. The molecule has 0 aliphatic carbocycles. The maximum Gasteiger partial charge on any atom is 0.125 e. The average Bonchev–Trinajstić information content (AvgIpc) is 2.53. The number of fused-ring (bicyclic) bond motifs is 1. The quantitative estimate of drug-likeness (QED) is 0.766. The first-order valence-corrected chi connectivity index (χ1v) is 7.58. The molecule has 0 saturated carbocycles. The fourth-order valence-corrected chi connectivity index (χ4v) is 2.73. The number of aryl methyl sites for hydroxylation is 2. The first kappa shape index (κ1) is 14.6. The highest BCUT2D eigenvalue weighted by Crippen LogP contribution is 2.24. The van der Waals surface area contributed by atoms with Gasteiger partial charge in [-0.1, -0.05) is 54.6 Å². The van der Waals surface area contributed by atoms with Gasteiger partial charge in [0.25, 0.3) is 0 Å². The summed E-state index contributed by atoms with van der Waals surface area (Å²) in [6, 6.07) is 20.7. The second-order valence-corrected chi connectivity index (χ2v) is 5.75. The Hall–Kier alpha value is -2.32. The lowest BCUT2D eigenvalue weighted by atomic mass is 10.0. The van der Waals surface area contributed by atoms with Crippen molar-refractivity contribution in [2.75, 3.05) is 6.61 Å². The molecule has 3 aromatic carbocycles. The number of rotatable bonds is 4. The van der Waals surface area contributed by atoms with E-state index in [1.165, 1.54) is 10.8 Å². The van der Waals surface area contributed by atoms with E-state index in [1.807, 2.05) is 18.2 Å². The van der Waals surface area contributed by atoms with Gasteiger partial charge in [0.05, 0.1) is 6.04 Å². The molecule has 0 saturated heterocycles. The van der Waals surface area contributed by atoms with Crippen LogP contribution >= 0.6 is 0 Å². The third kappa shape index (κ3) is 2.97. The Morgan fingerprint density at radius 2 is 1.55 bits per heavy atom. The zero-order valence-corrected chi connectivity index (χ0v) is 13.0. The van der Waals surface area contributed by atoms with Crippen LogP contribution in [0.25, 0.3) is 10.8 Å². The summed E-state index contributed by atoms with van der Waals surface area (Å²) < 4.78 is 5.97. The number of ether oxygens (including phenoxy) is 1. The third-order valence-corrected chi connectivity index (χ3v) is 4.02. The molecule has 0 aromatic heterocycles. The highest BCUT2D eigenvalue weighted by molar-refractivity contribution is 5.83. The Morgan fingerprint density at radius 1 is 0.864 bits per heavy atom. The maximum atomic E-state index is 6.31. The molecule has 112 valence electrons. The predicted molar refractivity (Wildman–Crippen MR) is 92.3 cm³/mol. The largest absolute Gasteiger partial charge is 0.491 e. The van der Waals surface area contributed by atoms with Crippen molar-refractivity contribution in [3.05, 3.63) is 77.4 Å². The van der Waals surface area contributed by atoms with Crippen molar-refractivity contribution in [2.45, 2.75) is 19.9 Å². The maximum absolute atomic E-state index is 6.31.